The van der Waals surface area contributed by atoms with Gasteiger partial charge < -0.3 is 14.0 Å². The smallest absolute Gasteiger partial charge is 0.406 e. The first-order chi connectivity index (χ1) is 13.1. The van der Waals surface area contributed by atoms with Crippen LogP contribution in [0.2, 0.25) is 0 Å². The maximum absolute atomic E-state index is 12.7. The van der Waals surface area contributed by atoms with Crippen molar-refractivity contribution in [2.75, 3.05) is 13.7 Å². The van der Waals surface area contributed by atoms with Gasteiger partial charge in [-0.2, -0.15) is 13.2 Å². The molecule has 8 heteroatoms. The summed E-state index contributed by atoms with van der Waals surface area (Å²) in [6.07, 6.45) is -3.85. The lowest BCUT2D eigenvalue weighted by atomic mass is 10.1. The van der Waals surface area contributed by atoms with Crippen molar-refractivity contribution >= 4 is 11.8 Å². The van der Waals surface area contributed by atoms with Gasteiger partial charge in [0.2, 0.25) is 5.78 Å². The van der Waals surface area contributed by atoms with Crippen LogP contribution in [0.5, 0.6) is 5.75 Å². The fraction of sp³-hybridized carbons (Fsp3) is 0.400. The van der Waals surface area contributed by atoms with Gasteiger partial charge in [-0.1, -0.05) is 12.1 Å². The molecule has 0 bridgehead atoms. The van der Waals surface area contributed by atoms with E-state index in [0.29, 0.717) is 17.9 Å². The molecule has 0 spiro atoms. The highest BCUT2D eigenvalue weighted by molar-refractivity contribution is 5.99. The molecule has 0 N–H and O–H groups in total. The molecule has 0 saturated heterocycles. The Kier molecular flexibility index (Phi) is 6.88. The van der Waals surface area contributed by atoms with E-state index in [1.807, 2.05) is 12.1 Å². The number of carbonyl (C=O) groups excluding carboxylic acids is 2. The number of hydrogen-bond donors (Lipinski definition) is 0. The number of ketones is 1. The maximum Gasteiger partial charge on any atom is 0.406 e. The number of aromatic nitrogens is 1. The standard InChI is InChI=1S/C20H22F3NO4/c1-13-10-17(14(2)24(13)12-20(21,22)23)18(25)11-28-19(26)9-6-15-4-7-16(27-3)8-5-15/h4-5,7-8,10H,6,9,11-12H2,1-3H3. The first-order valence-electron chi connectivity index (χ1n) is 8.66. The van der Waals surface area contributed by atoms with Crippen molar-refractivity contribution in [1.29, 1.82) is 0 Å². The molecule has 0 unspecified atom stereocenters. The second-order valence-corrected chi connectivity index (χ2v) is 6.42. The summed E-state index contributed by atoms with van der Waals surface area (Å²) in [5.41, 5.74) is 1.57. The number of halogens is 3. The Labute approximate surface area is 161 Å². The summed E-state index contributed by atoms with van der Waals surface area (Å²) in [5.74, 6) is -0.368. The Morgan fingerprint density at radius 2 is 1.75 bits per heavy atom. The van der Waals surface area contributed by atoms with Crippen LogP contribution in [0.15, 0.2) is 30.3 Å². The van der Waals surface area contributed by atoms with E-state index in [2.05, 4.69) is 0 Å². The Morgan fingerprint density at radius 1 is 1.11 bits per heavy atom. The molecule has 1 heterocycles. The van der Waals surface area contributed by atoms with Gasteiger partial charge in [0.05, 0.1) is 7.11 Å². The average Bonchev–Trinajstić information content (AvgIpc) is 2.91. The van der Waals surface area contributed by atoms with E-state index in [1.54, 1.807) is 19.2 Å². The summed E-state index contributed by atoms with van der Waals surface area (Å²) in [7, 11) is 1.56. The number of esters is 1. The molecule has 152 valence electrons. The van der Waals surface area contributed by atoms with Crippen molar-refractivity contribution in [3.8, 4) is 5.75 Å². The van der Waals surface area contributed by atoms with Crippen LogP contribution in [0, 0.1) is 13.8 Å². The monoisotopic (exact) mass is 397 g/mol. The zero-order chi connectivity index (χ0) is 20.9. The minimum atomic E-state index is -4.39. The van der Waals surface area contributed by atoms with Gasteiger partial charge in [-0.05, 0) is 44.0 Å². The highest BCUT2D eigenvalue weighted by Gasteiger charge is 2.30. The van der Waals surface area contributed by atoms with E-state index in [0.717, 1.165) is 10.1 Å². The van der Waals surface area contributed by atoms with Crippen molar-refractivity contribution in [1.82, 2.24) is 4.57 Å². The molecule has 0 atom stereocenters. The number of hydrogen-bond acceptors (Lipinski definition) is 4. The number of carbonyl (C=O) groups is 2. The topological polar surface area (TPSA) is 57.5 Å². The Bertz CT molecular complexity index is 838. The van der Waals surface area contributed by atoms with E-state index >= 15 is 0 Å². The summed E-state index contributed by atoms with van der Waals surface area (Å²) < 4.78 is 49.0. The predicted octanol–water partition coefficient (Wildman–Crippen LogP) is 4.03. The number of nitrogens with zero attached hydrogens (tertiary/aromatic N) is 1. The van der Waals surface area contributed by atoms with E-state index in [9.17, 15) is 22.8 Å². The molecule has 2 aromatic rings. The van der Waals surface area contributed by atoms with Crippen molar-refractivity contribution < 1.29 is 32.2 Å². The molecule has 2 rings (SSSR count). The fourth-order valence-corrected chi connectivity index (χ4v) is 2.84. The van der Waals surface area contributed by atoms with Gasteiger partial charge in [-0.15, -0.1) is 0 Å². The summed E-state index contributed by atoms with van der Waals surface area (Å²) in [5, 5.41) is 0. The number of alkyl halides is 3. The van der Waals surface area contributed by atoms with Crippen LogP contribution in [0.4, 0.5) is 13.2 Å². The highest BCUT2D eigenvalue weighted by Crippen LogP contribution is 2.23. The Balaban J connectivity index is 1.89. The predicted molar refractivity (Wildman–Crippen MR) is 96.6 cm³/mol. The van der Waals surface area contributed by atoms with Crippen LogP contribution in [0.1, 0.15) is 33.7 Å². The molecule has 0 fully saturated rings. The number of aryl methyl sites for hydroxylation is 2. The number of Topliss-reactive ketones (excluding diaryl/α,β-unsaturated/α-hetero) is 1. The zero-order valence-electron chi connectivity index (χ0n) is 15.9. The molecule has 0 aliphatic carbocycles. The molecule has 28 heavy (non-hydrogen) atoms. The second-order valence-electron chi connectivity index (χ2n) is 6.42. The minimum Gasteiger partial charge on any atom is -0.497 e. The first kappa shape index (κ1) is 21.5. The maximum atomic E-state index is 12.7. The third-order valence-electron chi connectivity index (χ3n) is 4.35. The van der Waals surface area contributed by atoms with Crippen LogP contribution < -0.4 is 4.74 Å². The van der Waals surface area contributed by atoms with Crippen molar-refractivity contribution in [3.63, 3.8) is 0 Å². The molecule has 0 aliphatic heterocycles. The molecule has 1 aromatic carbocycles. The van der Waals surface area contributed by atoms with Crippen molar-refractivity contribution in [2.24, 2.45) is 0 Å². The molecule has 5 nitrogen and oxygen atoms in total. The zero-order valence-corrected chi connectivity index (χ0v) is 15.9. The van der Waals surface area contributed by atoms with Gasteiger partial charge in [0.25, 0.3) is 0 Å². The van der Waals surface area contributed by atoms with Crippen molar-refractivity contribution in [2.45, 2.75) is 39.4 Å². The number of benzene rings is 1. The lowest BCUT2D eigenvalue weighted by Crippen LogP contribution is -2.20. The molecule has 0 radical (unpaired) electrons. The number of rotatable bonds is 8. The first-order valence-corrected chi connectivity index (χ1v) is 8.66. The van der Waals surface area contributed by atoms with Gasteiger partial charge in [-0.25, -0.2) is 0 Å². The minimum absolute atomic E-state index is 0.0900. The summed E-state index contributed by atoms with van der Waals surface area (Å²) in [6, 6.07) is 8.59. The summed E-state index contributed by atoms with van der Waals surface area (Å²) in [6.45, 7) is 1.27. The average molecular weight is 397 g/mol. The van der Waals surface area contributed by atoms with Crippen LogP contribution in [-0.4, -0.2) is 36.2 Å². The van der Waals surface area contributed by atoms with E-state index in [-0.39, 0.29) is 17.7 Å². The lowest BCUT2D eigenvalue weighted by molar-refractivity contribution is -0.142. The number of methoxy groups -OCH3 is 1. The normalized spacial score (nSPS) is 11.4. The molecule has 0 amide bonds. The summed E-state index contributed by atoms with van der Waals surface area (Å²) >= 11 is 0. The number of ether oxygens (including phenoxy) is 2. The van der Waals surface area contributed by atoms with Gasteiger partial charge in [0.15, 0.2) is 6.61 Å². The quantitative estimate of drug-likeness (QED) is 0.498. The molecule has 0 saturated carbocycles. The second kappa shape index (κ2) is 8.95. The lowest BCUT2D eigenvalue weighted by Gasteiger charge is -2.12. The molecule has 0 aliphatic rings. The van der Waals surface area contributed by atoms with Crippen molar-refractivity contribution in [3.05, 3.63) is 52.8 Å². The third kappa shape index (κ3) is 5.87. The Hall–Kier alpha value is -2.77. The van der Waals surface area contributed by atoms with E-state index in [4.69, 9.17) is 9.47 Å². The van der Waals surface area contributed by atoms with Gasteiger partial charge >= 0.3 is 12.1 Å². The fourth-order valence-electron chi connectivity index (χ4n) is 2.84. The van der Waals surface area contributed by atoms with Crippen LogP contribution in [0.3, 0.4) is 0 Å². The third-order valence-corrected chi connectivity index (χ3v) is 4.35. The SMILES string of the molecule is COc1ccc(CCC(=O)OCC(=O)c2cc(C)n(CC(F)(F)F)c2C)cc1. The van der Waals surface area contributed by atoms with Crippen LogP contribution >= 0.6 is 0 Å². The molecular formula is C20H22F3NO4. The molecular weight excluding hydrogens is 375 g/mol. The van der Waals surface area contributed by atoms with E-state index in [1.165, 1.54) is 19.9 Å². The summed E-state index contributed by atoms with van der Waals surface area (Å²) in [4.78, 5) is 24.1. The van der Waals surface area contributed by atoms with Gasteiger partial charge in [0.1, 0.15) is 12.3 Å². The Morgan fingerprint density at radius 3 is 2.32 bits per heavy atom. The van der Waals surface area contributed by atoms with Crippen LogP contribution in [-0.2, 0) is 22.5 Å². The van der Waals surface area contributed by atoms with Gasteiger partial charge in [0, 0.05) is 23.4 Å². The van der Waals surface area contributed by atoms with Gasteiger partial charge in [-0.3, -0.25) is 9.59 Å². The largest absolute Gasteiger partial charge is 0.497 e. The van der Waals surface area contributed by atoms with E-state index < -0.39 is 31.1 Å². The highest BCUT2D eigenvalue weighted by atomic mass is 19.4. The molecule has 1 aromatic heterocycles. The van der Waals surface area contributed by atoms with Crippen LogP contribution in [0.25, 0.3) is 0 Å².